The molecule has 0 bridgehead atoms. The first kappa shape index (κ1) is 11.5. The summed E-state index contributed by atoms with van der Waals surface area (Å²) < 4.78 is 0. The predicted octanol–water partition coefficient (Wildman–Crippen LogP) is 0.533. The van der Waals surface area contributed by atoms with Gasteiger partial charge < -0.3 is 10.4 Å². The quantitative estimate of drug-likeness (QED) is 0.695. The lowest BCUT2D eigenvalue weighted by molar-refractivity contribution is -0.140. The number of nitrogens with zero attached hydrogens (tertiary/aromatic N) is 1. The number of carboxylic acid groups (broad SMARTS) is 1. The molecular weight excluding hydrogens is 180 g/mol. The summed E-state index contributed by atoms with van der Waals surface area (Å²) in [6.45, 7) is 5.96. The molecule has 2 N–H and O–H groups in total. The van der Waals surface area contributed by atoms with E-state index in [0.717, 1.165) is 13.0 Å². The van der Waals surface area contributed by atoms with E-state index in [1.54, 1.807) is 7.05 Å². The summed E-state index contributed by atoms with van der Waals surface area (Å²) in [6, 6.07) is -0.452. The molecule has 1 saturated heterocycles. The fraction of sp³-hybridized carbons (Fsp3) is 0.900. The molecule has 1 fully saturated rings. The zero-order valence-corrected chi connectivity index (χ0v) is 9.21. The lowest BCUT2D eigenvalue weighted by atomic mass is 10.0. The molecule has 0 aromatic heterocycles. The van der Waals surface area contributed by atoms with Crippen LogP contribution >= 0.6 is 0 Å². The molecular formula is C10H20N2O2. The van der Waals surface area contributed by atoms with Crippen LogP contribution in [-0.4, -0.2) is 47.7 Å². The molecule has 1 atom stereocenters. The average molecular weight is 200 g/mol. The van der Waals surface area contributed by atoms with Gasteiger partial charge in [-0.15, -0.1) is 0 Å². The Bertz CT molecular complexity index is 216. The maximum atomic E-state index is 10.8. The maximum absolute atomic E-state index is 10.8. The molecule has 1 rings (SSSR count). The van der Waals surface area contributed by atoms with E-state index in [-0.39, 0.29) is 5.54 Å². The van der Waals surface area contributed by atoms with Crippen LogP contribution in [0.3, 0.4) is 0 Å². The summed E-state index contributed by atoms with van der Waals surface area (Å²) in [5, 5.41) is 11.7. The second-order valence-electron chi connectivity index (χ2n) is 4.54. The largest absolute Gasteiger partial charge is 0.480 e. The summed E-state index contributed by atoms with van der Waals surface area (Å²) >= 11 is 0. The fourth-order valence-electron chi connectivity index (χ4n) is 2.01. The van der Waals surface area contributed by atoms with Gasteiger partial charge in [0, 0.05) is 12.1 Å². The van der Waals surface area contributed by atoms with Crippen LogP contribution in [0.4, 0.5) is 0 Å². The van der Waals surface area contributed by atoms with E-state index in [1.165, 1.54) is 6.42 Å². The molecule has 82 valence electrons. The second kappa shape index (κ2) is 4.28. The molecule has 14 heavy (non-hydrogen) atoms. The smallest absolute Gasteiger partial charge is 0.322 e. The van der Waals surface area contributed by atoms with E-state index < -0.39 is 12.0 Å². The van der Waals surface area contributed by atoms with Crippen molar-refractivity contribution in [3.05, 3.63) is 0 Å². The van der Waals surface area contributed by atoms with Gasteiger partial charge in [0.05, 0.1) is 0 Å². The van der Waals surface area contributed by atoms with Gasteiger partial charge in [-0.2, -0.15) is 0 Å². The van der Waals surface area contributed by atoms with Crippen molar-refractivity contribution < 1.29 is 9.90 Å². The van der Waals surface area contributed by atoms with Gasteiger partial charge in [0.1, 0.15) is 6.04 Å². The van der Waals surface area contributed by atoms with E-state index in [0.29, 0.717) is 6.54 Å². The van der Waals surface area contributed by atoms with E-state index in [2.05, 4.69) is 24.1 Å². The van der Waals surface area contributed by atoms with Crippen molar-refractivity contribution in [2.45, 2.75) is 38.3 Å². The summed E-state index contributed by atoms with van der Waals surface area (Å²) in [5.74, 6) is -0.768. The summed E-state index contributed by atoms with van der Waals surface area (Å²) in [7, 11) is 1.70. The number of carboxylic acids is 1. The first-order chi connectivity index (χ1) is 6.47. The SMILES string of the molecule is CNC(CN1CCCC1(C)C)C(=O)O. The van der Waals surface area contributed by atoms with Crippen molar-refractivity contribution in [3.8, 4) is 0 Å². The van der Waals surface area contributed by atoms with Gasteiger partial charge in [-0.25, -0.2) is 0 Å². The second-order valence-corrected chi connectivity index (χ2v) is 4.54. The third kappa shape index (κ3) is 2.45. The molecule has 0 spiro atoms. The Labute approximate surface area is 85.3 Å². The normalized spacial score (nSPS) is 23.6. The van der Waals surface area contributed by atoms with E-state index >= 15 is 0 Å². The van der Waals surface area contributed by atoms with Crippen LogP contribution in [0.25, 0.3) is 0 Å². The average Bonchev–Trinajstić information content (AvgIpc) is 2.40. The third-order valence-electron chi connectivity index (χ3n) is 3.12. The van der Waals surface area contributed by atoms with Crippen LogP contribution in [0.1, 0.15) is 26.7 Å². The van der Waals surface area contributed by atoms with Crippen LogP contribution in [0.15, 0.2) is 0 Å². The molecule has 0 saturated carbocycles. The Morgan fingerprint density at radius 3 is 2.64 bits per heavy atom. The Morgan fingerprint density at radius 1 is 1.64 bits per heavy atom. The highest BCUT2D eigenvalue weighted by atomic mass is 16.4. The highest BCUT2D eigenvalue weighted by molar-refractivity contribution is 5.73. The first-order valence-electron chi connectivity index (χ1n) is 5.12. The molecule has 0 aliphatic carbocycles. The van der Waals surface area contributed by atoms with Crippen LogP contribution in [0.2, 0.25) is 0 Å². The van der Waals surface area contributed by atoms with Gasteiger partial charge in [0.2, 0.25) is 0 Å². The van der Waals surface area contributed by atoms with Crippen molar-refractivity contribution in [1.29, 1.82) is 0 Å². The summed E-state index contributed by atoms with van der Waals surface area (Å²) in [6.07, 6.45) is 2.33. The van der Waals surface area contributed by atoms with Crippen LogP contribution in [-0.2, 0) is 4.79 Å². The highest BCUT2D eigenvalue weighted by Gasteiger charge is 2.34. The maximum Gasteiger partial charge on any atom is 0.322 e. The molecule has 1 aliphatic heterocycles. The number of rotatable bonds is 4. The van der Waals surface area contributed by atoms with Crippen molar-refractivity contribution in [3.63, 3.8) is 0 Å². The molecule has 4 heteroatoms. The number of likely N-dealkylation sites (tertiary alicyclic amines) is 1. The lowest BCUT2D eigenvalue weighted by Gasteiger charge is -2.33. The molecule has 4 nitrogen and oxygen atoms in total. The Balaban J connectivity index is 2.54. The zero-order chi connectivity index (χ0) is 10.8. The van der Waals surface area contributed by atoms with Crippen molar-refractivity contribution in [2.75, 3.05) is 20.1 Å². The minimum atomic E-state index is -0.768. The van der Waals surface area contributed by atoms with Crippen LogP contribution in [0.5, 0.6) is 0 Å². The molecule has 0 aromatic rings. The van der Waals surface area contributed by atoms with Crippen LogP contribution < -0.4 is 5.32 Å². The summed E-state index contributed by atoms with van der Waals surface area (Å²) in [4.78, 5) is 13.1. The summed E-state index contributed by atoms with van der Waals surface area (Å²) in [5.41, 5.74) is 0.157. The van der Waals surface area contributed by atoms with Gasteiger partial charge in [0.25, 0.3) is 0 Å². The van der Waals surface area contributed by atoms with Crippen molar-refractivity contribution >= 4 is 5.97 Å². The number of hydrogen-bond acceptors (Lipinski definition) is 3. The molecule has 0 radical (unpaired) electrons. The van der Waals surface area contributed by atoms with E-state index in [1.807, 2.05) is 0 Å². The van der Waals surface area contributed by atoms with Gasteiger partial charge in [-0.05, 0) is 40.3 Å². The topological polar surface area (TPSA) is 52.6 Å². The monoisotopic (exact) mass is 200 g/mol. The fourth-order valence-corrected chi connectivity index (χ4v) is 2.01. The standard InChI is InChI=1S/C10H20N2O2/c1-10(2)5-4-6-12(10)7-8(11-3)9(13)14/h8,11H,4-7H2,1-3H3,(H,13,14). The van der Waals surface area contributed by atoms with Crippen molar-refractivity contribution in [1.82, 2.24) is 10.2 Å². The minimum absolute atomic E-state index is 0.157. The minimum Gasteiger partial charge on any atom is -0.480 e. The Kier molecular flexibility index (Phi) is 3.50. The van der Waals surface area contributed by atoms with Gasteiger partial charge >= 0.3 is 5.97 Å². The third-order valence-corrected chi connectivity index (χ3v) is 3.12. The predicted molar refractivity (Wildman–Crippen MR) is 55.4 cm³/mol. The molecule has 1 heterocycles. The lowest BCUT2D eigenvalue weighted by Crippen LogP contribution is -2.49. The Hall–Kier alpha value is -0.610. The van der Waals surface area contributed by atoms with Crippen molar-refractivity contribution in [2.24, 2.45) is 0 Å². The number of likely N-dealkylation sites (N-methyl/N-ethyl adjacent to an activating group) is 1. The van der Waals surface area contributed by atoms with Gasteiger partial charge in [0.15, 0.2) is 0 Å². The molecule has 0 amide bonds. The van der Waals surface area contributed by atoms with Crippen LogP contribution in [0, 0.1) is 0 Å². The van der Waals surface area contributed by atoms with Gasteiger partial charge in [-0.1, -0.05) is 0 Å². The number of hydrogen-bond donors (Lipinski definition) is 2. The number of carbonyl (C=O) groups is 1. The Morgan fingerprint density at radius 2 is 2.29 bits per heavy atom. The van der Waals surface area contributed by atoms with E-state index in [4.69, 9.17) is 5.11 Å². The number of nitrogens with one attached hydrogen (secondary N) is 1. The highest BCUT2D eigenvalue weighted by Crippen LogP contribution is 2.27. The molecule has 1 aliphatic rings. The van der Waals surface area contributed by atoms with Gasteiger partial charge in [-0.3, -0.25) is 9.69 Å². The first-order valence-corrected chi connectivity index (χ1v) is 5.12. The molecule has 1 unspecified atom stereocenters. The zero-order valence-electron chi connectivity index (χ0n) is 9.21. The number of aliphatic carboxylic acids is 1. The molecule has 0 aromatic carbocycles. The van der Waals surface area contributed by atoms with E-state index in [9.17, 15) is 4.79 Å².